The van der Waals surface area contributed by atoms with Gasteiger partial charge in [0.1, 0.15) is 12.4 Å². The third-order valence-electron chi connectivity index (χ3n) is 4.35. The van der Waals surface area contributed by atoms with Crippen LogP contribution >= 0.6 is 22.6 Å². The highest BCUT2D eigenvalue weighted by Gasteiger charge is 2.36. The minimum absolute atomic E-state index is 0.199. The van der Waals surface area contributed by atoms with Gasteiger partial charge < -0.3 is 13.6 Å². The van der Waals surface area contributed by atoms with Crippen molar-refractivity contribution in [2.24, 2.45) is 4.99 Å². The van der Waals surface area contributed by atoms with Crippen LogP contribution in [-0.4, -0.2) is 36.1 Å². The van der Waals surface area contributed by atoms with Gasteiger partial charge in [0.2, 0.25) is 8.32 Å². The molecule has 0 N–H and O–H groups in total. The normalized spacial score (nSPS) is 13.1. The Hall–Kier alpha value is -0.646. The van der Waals surface area contributed by atoms with Gasteiger partial charge in [0.15, 0.2) is 14.2 Å². The molecule has 0 bridgehead atoms. The monoisotopic (exact) mass is 519 g/mol. The first-order valence-electron chi connectivity index (χ1n) is 9.19. The van der Waals surface area contributed by atoms with Crippen LogP contribution in [0.4, 0.5) is 0 Å². The maximum atomic E-state index is 6.18. The van der Waals surface area contributed by atoms with Crippen LogP contribution in [0.3, 0.4) is 0 Å². The number of aliphatic imine (C=N–C) groups is 1. The minimum atomic E-state index is -1.75. The average Bonchev–Trinajstić information content (AvgIpc) is 2.48. The van der Waals surface area contributed by atoms with Crippen molar-refractivity contribution in [3.05, 3.63) is 39.8 Å². The zero-order valence-corrected chi connectivity index (χ0v) is 22.1. The highest BCUT2D eigenvalue weighted by atomic mass is 127. The number of benzene rings is 1. The molecule has 0 saturated heterocycles. The molecule has 4 nitrogen and oxygen atoms in total. The van der Waals surface area contributed by atoms with Crippen LogP contribution < -0.4 is 4.74 Å². The summed E-state index contributed by atoms with van der Waals surface area (Å²) >= 11 is 2.28. The number of ether oxygens (including phenoxy) is 1. The molecule has 1 aromatic carbocycles. The van der Waals surface area contributed by atoms with Crippen molar-refractivity contribution in [2.45, 2.75) is 58.5 Å². The van der Waals surface area contributed by atoms with E-state index in [0.717, 1.165) is 14.9 Å². The van der Waals surface area contributed by atoms with E-state index in [1.165, 1.54) is 0 Å². The van der Waals surface area contributed by atoms with Gasteiger partial charge in [-0.1, -0.05) is 20.8 Å². The zero-order valence-electron chi connectivity index (χ0n) is 18.0. The maximum Gasteiger partial charge on any atom is 0.244 e. The van der Waals surface area contributed by atoms with Gasteiger partial charge in [-0.2, -0.15) is 0 Å². The smallest absolute Gasteiger partial charge is 0.244 e. The highest BCUT2D eigenvalue weighted by molar-refractivity contribution is 14.1. The van der Waals surface area contributed by atoms with Crippen molar-refractivity contribution in [1.29, 1.82) is 0 Å². The Morgan fingerprint density at radius 3 is 2.33 bits per heavy atom. The van der Waals surface area contributed by atoms with Crippen LogP contribution in [0.5, 0.6) is 5.75 Å². The fraction of sp³-hybridized carbons (Fsp3) is 0.550. The molecule has 0 atom stereocenters. The third kappa shape index (κ3) is 8.93. The maximum absolute atomic E-state index is 6.18. The summed E-state index contributed by atoms with van der Waals surface area (Å²) in [6.45, 7) is 22.5. The number of halogens is 1. The lowest BCUT2D eigenvalue weighted by molar-refractivity contribution is 0.203. The summed E-state index contributed by atoms with van der Waals surface area (Å²) in [6, 6.07) is 6.03. The number of nitrogens with zero attached hydrogens (tertiary/aromatic N) is 1. The molecule has 7 heteroatoms. The third-order valence-corrected chi connectivity index (χ3v) is 10.4. The summed E-state index contributed by atoms with van der Waals surface area (Å²) in [5.74, 6) is 1.24. The minimum Gasteiger partial charge on any atom is -0.532 e. The first kappa shape index (κ1) is 24.4. The van der Waals surface area contributed by atoms with Gasteiger partial charge in [0.05, 0.1) is 6.61 Å². The molecular weight excluding hydrogens is 485 g/mol. The van der Waals surface area contributed by atoms with Gasteiger partial charge in [0.25, 0.3) is 0 Å². The van der Waals surface area contributed by atoms with Gasteiger partial charge in [0, 0.05) is 15.3 Å². The van der Waals surface area contributed by atoms with E-state index in [2.05, 4.69) is 87.7 Å². The summed E-state index contributed by atoms with van der Waals surface area (Å²) < 4.78 is 19.1. The highest BCUT2D eigenvalue weighted by Crippen LogP contribution is 2.36. The molecule has 1 aromatic rings. The lowest BCUT2D eigenvalue weighted by atomic mass is 10.2. The summed E-state index contributed by atoms with van der Waals surface area (Å²) in [5.41, 5.74) is 0.912. The molecule has 0 aromatic heterocycles. The van der Waals surface area contributed by atoms with E-state index in [0.29, 0.717) is 19.1 Å². The zero-order chi connectivity index (χ0) is 20.9. The van der Waals surface area contributed by atoms with Crippen LogP contribution in [0.25, 0.3) is 0 Å². The Balaban J connectivity index is 2.73. The van der Waals surface area contributed by atoms with E-state index in [4.69, 9.17) is 13.6 Å². The van der Waals surface area contributed by atoms with Crippen molar-refractivity contribution >= 4 is 45.4 Å². The Morgan fingerprint density at radius 2 is 1.78 bits per heavy atom. The molecule has 0 aliphatic carbocycles. The van der Waals surface area contributed by atoms with E-state index >= 15 is 0 Å². The number of rotatable bonds is 9. The Bertz CT molecular complexity index is 677. The fourth-order valence-electron chi connectivity index (χ4n) is 1.94. The van der Waals surface area contributed by atoms with Crippen molar-refractivity contribution in [1.82, 2.24) is 0 Å². The van der Waals surface area contributed by atoms with Crippen molar-refractivity contribution < 1.29 is 13.6 Å². The van der Waals surface area contributed by atoms with Gasteiger partial charge in [-0.25, -0.2) is 4.99 Å². The predicted octanol–water partition coefficient (Wildman–Crippen LogP) is 6.43. The molecule has 0 saturated carbocycles. The van der Waals surface area contributed by atoms with Crippen LogP contribution in [0.2, 0.25) is 37.8 Å². The molecule has 0 aliphatic rings. The van der Waals surface area contributed by atoms with Gasteiger partial charge in [-0.3, -0.25) is 0 Å². The summed E-state index contributed by atoms with van der Waals surface area (Å²) in [7, 11) is -3.45. The molecule has 0 aliphatic heterocycles. The quantitative estimate of drug-likeness (QED) is 0.124. The van der Waals surface area contributed by atoms with Gasteiger partial charge in [-0.15, -0.1) is 0 Å². The molecule has 0 amide bonds. The second-order valence-electron chi connectivity index (χ2n) is 9.01. The molecule has 0 unspecified atom stereocenters. The largest absolute Gasteiger partial charge is 0.532 e. The Morgan fingerprint density at radius 1 is 1.15 bits per heavy atom. The van der Waals surface area contributed by atoms with Crippen molar-refractivity contribution in [2.75, 3.05) is 13.2 Å². The van der Waals surface area contributed by atoms with E-state index < -0.39 is 16.6 Å². The Kier molecular flexibility index (Phi) is 8.77. The molecule has 0 fully saturated rings. The van der Waals surface area contributed by atoms with E-state index in [1.807, 2.05) is 18.2 Å². The molecule has 0 spiro atoms. The van der Waals surface area contributed by atoms with E-state index in [-0.39, 0.29) is 5.04 Å². The SMILES string of the molecule is C=C(/N=C/c1cc(I)ccc1OCCO[Si](C)(C)C(C)(C)C)O[Si](C)(C)C. The molecule has 1 rings (SSSR count). The second-order valence-corrected chi connectivity index (χ2v) is 19.5. The van der Waals surface area contributed by atoms with Crippen LogP contribution in [0, 0.1) is 3.57 Å². The van der Waals surface area contributed by atoms with Crippen LogP contribution in [0.15, 0.2) is 35.7 Å². The topological polar surface area (TPSA) is 40.0 Å². The van der Waals surface area contributed by atoms with E-state index in [9.17, 15) is 0 Å². The van der Waals surface area contributed by atoms with E-state index in [1.54, 1.807) is 6.21 Å². The number of hydrogen-bond donors (Lipinski definition) is 0. The summed E-state index contributed by atoms with van der Waals surface area (Å²) in [6.07, 6.45) is 1.76. The van der Waals surface area contributed by atoms with Crippen molar-refractivity contribution in [3.8, 4) is 5.75 Å². The van der Waals surface area contributed by atoms with Gasteiger partial charge >= 0.3 is 0 Å². The lowest BCUT2D eigenvalue weighted by Crippen LogP contribution is -2.41. The molecule has 152 valence electrons. The van der Waals surface area contributed by atoms with Crippen molar-refractivity contribution in [3.63, 3.8) is 0 Å². The average molecular weight is 520 g/mol. The summed E-state index contributed by atoms with van der Waals surface area (Å²) in [5, 5.41) is 0.199. The van der Waals surface area contributed by atoms with Crippen LogP contribution in [0.1, 0.15) is 26.3 Å². The lowest BCUT2D eigenvalue weighted by Gasteiger charge is -2.36. The first-order valence-corrected chi connectivity index (χ1v) is 16.6. The molecule has 27 heavy (non-hydrogen) atoms. The molecule has 0 radical (unpaired) electrons. The molecular formula is C20H34INO3Si2. The van der Waals surface area contributed by atoms with Gasteiger partial charge in [-0.05, 0) is 85.1 Å². The predicted molar refractivity (Wildman–Crippen MR) is 129 cm³/mol. The fourth-order valence-corrected chi connectivity index (χ4v) is 4.24. The second kappa shape index (κ2) is 9.71. The Labute approximate surface area is 180 Å². The number of hydrogen-bond acceptors (Lipinski definition) is 4. The van der Waals surface area contributed by atoms with Crippen LogP contribution in [-0.2, 0) is 8.85 Å². The standard InChI is InChI=1S/C20H34INO3Si2/c1-16(25-26(5,6)7)22-15-17-14-18(21)10-11-19(17)23-12-13-24-27(8,9)20(2,3)4/h10-11,14-15H,1,12-13H2,2-9H3/b22-15+. The first-order chi connectivity index (χ1) is 12.2. The summed E-state index contributed by atoms with van der Waals surface area (Å²) in [4.78, 5) is 4.37. The molecule has 0 heterocycles.